The van der Waals surface area contributed by atoms with Gasteiger partial charge in [-0.15, -0.1) is 5.10 Å². The number of carbonyl (C=O) groups is 1. The molecule has 1 aliphatic rings. The molecule has 1 saturated heterocycles. The predicted octanol–water partition coefficient (Wildman–Crippen LogP) is 2.27. The maximum absolute atomic E-state index is 12.1. The average Bonchev–Trinajstić information content (AvgIpc) is 3.10. The Labute approximate surface area is 148 Å². The van der Waals surface area contributed by atoms with E-state index in [1.54, 1.807) is 17.1 Å². The first kappa shape index (κ1) is 17.4. The number of nitrogens with one attached hydrogen (secondary N) is 1. The molecule has 1 N–H and O–H groups in total. The van der Waals surface area contributed by atoms with Crippen LogP contribution in [0.4, 0.5) is 0 Å². The highest BCUT2D eigenvalue weighted by molar-refractivity contribution is 5.91. The van der Waals surface area contributed by atoms with Crippen LogP contribution >= 0.6 is 0 Å². The SMILES string of the molecule is CC(C)N1CCC(NC(=O)C=Cc2cnn(-c3ccccc3)n2)CC1. The second kappa shape index (κ2) is 8.07. The van der Waals surface area contributed by atoms with Crippen molar-refractivity contribution < 1.29 is 4.79 Å². The van der Waals surface area contributed by atoms with Gasteiger partial charge in [-0.05, 0) is 44.9 Å². The topological polar surface area (TPSA) is 63.1 Å². The number of likely N-dealkylation sites (tertiary alicyclic amines) is 1. The van der Waals surface area contributed by atoms with Gasteiger partial charge in [-0.2, -0.15) is 9.90 Å². The van der Waals surface area contributed by atoms with Crippen LogP contribution in [0.1, 0.15) is 32.4 Å². The Morgan fingerprint density at radius 1 is 1.24 bits per heavy atom. The molecule has 0 saturated carbocycles. The summed E-state index contributed by atoms with van der Waals surface area (Å²) < 4.78 is 0. The molecule has 6 heteroatoms. The monoisotopic (exact) mass is 339 g/mol. The van der Waals surface area contributed by atoms with Crippen LogP contribution in [0.5, 0.6) is 0 Å². The van der Waals surface area contributed by atoms with Gasteiger partial charge in [0.2, 0.25) is 5.91 Å². The van der Waals surface area contributed by atoms with Gasteiger partial charge in [-0.1, -0.05) is 18.2 Å². The van der Waals surface area contributed by atoms with E-state index in [1.165, 1.54) is 6.08 Å². The maximum atomic E-state index is 12.1. The van der Waals surface area contributed by atoms with Gasteiger partial charge in [0.1, 0.15) is 5.69 Å². The molecule has 1 amide bonds. The molecule has 1 aliphatic heterocycles. The van der Waals surface area contributed by atoms with E-state index in [0.29, 0.717) is 11.7 Å². The summed E-state index contributed by atoms with van der Waals surface area (Å²) in [6.07, 6.45) is 6.89. The van der Waals surface area contributed by atoms with E-state index in [2.05, 4.69) is 34.3 Å². The number of para-hydroxylation sites is 1. The van der Waals surface area contributed by atoms with E-state index >= 15 is 0 Å². The number of nitrogens with zero attached hydrogens (tertiary/aromatic N) is 4. The smallest absolute Gasteiger partial charge is 0.244 e. The van der Waals surface area contributed by atoms with Crippen molar-refractivity contribution in [3.05, 3.63) is 48.3 Å². The lowest BCUT2D eigenvalue weighted by Crippen LogP contribution is -2.46. The molecule has 3 rings (SSSR count). The quantitative estimate of drug-likeness (QED) is 0.849. The fourth-order valence-electron chi connectivity index (χ4n) is 3.01. The lowest BCUT2D eigenvalue weighted by Gasteiger charge is -2.34. The Kier molecular flexibility index (Phi) is 5.60. The van der Waals surface area contributed by atoms with E-state index in [9.17, 15) is 4.79 Å². The van der Waals surface area contributed by atoms with E-state index < -0.39 is 0 Å². The van der Waals surface area contributed by atoms with Gasteiger partial charge in [-0.3, -0.25) is 4.79 Å². The van der Waals surface area contributed by atoms with Crippen LogP contribution in [0.25, 0.3) is 11.8 Å². The first-order chi connectivity index (χ1) is 12.1. The number of hydrogen-bond donors (Lipinski definition) is 1. The molecule has 6 nitrogen and oxygen atoms in total. The molecule has 1 aromatic heterocycles. The number of hydrogen-bond acceptors (Lipinski definition) is 4. The summed E-state index contributed by atoms with van der Waals surface area (Å²) >= 11 is 0. The number of carbonyl (C=O) groups excluding carboxylic acids is 1. The normalized spacial score (nSPS) is 16.6. The second-order valence-corrected chi connectivity index (χ2v) is 6.64. The van der Waals surface area contributed by atoms with E-state index in [4.69, 9.17) is 0 Å². The fraction of sp³-hybridized carbons (Fsp3) is 0.421. The van der Waals surface area contributed by atoms with E-state index in [0.717, 1.165) is 31.6 Å². The molecule has 1 fully saturated rings. The Bertz CT molecular complexity index is 714. The van der Waals surface area contributed by atoms with Crippen molar-refractivity contribution in [2.24, 2.45) is 0 Å². The molecule has 0 atom stereocenters. The third-order valence-electron chi connectivity index (χ3n) is 4.51. The van der Waals surface area contributed by atoms with E-state index in [1.807, 2.05) is 30.3 Å². The average molecular weight is 339 g/mol. The summed E-state index contributed by atoms with van der Waals surface area (Å²) in [7, 11) is 0. The molecule has 132 valence electrons. The standard InChI is InChI=1S/C19H25N5O/c1-15(2)23-12-10-16(11-13-23)21-19(25)9-8-17-14-20-24(22-17)18-6-4-3-5-7-18/h3-9,14-16H,10-13H2,1-2H3,(H,21,25). The van der Waals surface area contributed by atoms with Crippen molar-refractivity contribution in [1.29, 1.82) is 0 Å². The summed E-state index contributed by atoms with van der Waals surface area (Å²) in [5.41, 5.74) is 1.55. The molecule has 25 heavy (non-hydrogen) atoms. The van der Waals surface area contributed by atoms with Crippen LogP contribution in [0.15, 0.2) is 42.6 Å². The lowest BCUT2D eigenvalue weighted by molar-refractivity contribution is -0.117. The van der Waals surface area contributed by atoms with Gasteiger partial charge in [0, 0.05) is 31.2 Å². The van der Waals surface area contributed by atoms with E-state index in [-0.39, 0.29) is 11.9 Å². The first-order valence-corrected chi connectivity index (χ1v) is 8.82. The summed E-state index contributed by atoms with van der Waals surface area (Å²) in [6.45, 7) is 6.50. The molecule has 0 bridgehead atoms. The zero-order valence-electron chi connectivity index (χ0n) is 14.8. The molecule has 0 aliphatic carbocycles. The third-order valence-corrected chi connectivity index (χ3v) is 4.51. The zero-order valence-corrected chi connectivity index (χ0v) is 14.8. The van der Waals surface area contributed by atoms with Crippen LogP contribution < -0.4 is 5.32 Å². The summed E-state index contributed by atoms with van der Waals surface area (Å²) in [4.78, 5) is 16.1. The number of aromatic nitrogens is 3. The van der Waals surface area contributed by atoms with Crippen LogP contribution in [-0.2, 0) is 4.79 Å². The van der Waals surface area contributed by atoms with Gasteiger partial charge < -0.3 is 10.2 Å². The van der Waals surface area contributed by atoms with Gasteiger partial charge >= 0.3 is 0 Å². The number of piperidine rings is 1. The molecule has 0 radical (unpaired) electrons. The van der Waals surface area contributed by atoms with Gasteiger partial charge in [0.15, 0.2) is 0 Å². The summed E-state index contributed by atoms with van der Waals surface area (Å²) in [6, 6.07) is 10.5. The number of benzene rings is 1. The summed E-state index contributed by atoms with van der Waals surface area (Å²) in [5.74, 6) is -0.0720. The Morgan fingerprint density at radius 2 is 1.96 bits per heavy atom. The minimum absolute atomic E-state index is 0.0720. The van der Waals surface area contributed by atoms with Crippen LogP contribution in [0, 0.1) is 0 Å². The van der Waals surface area contributed by atoms with Crippen molar-refractivity contribution in [3.63, 3.8) is 0 Å². The molecular weight excluding hydrogens is 314 g/mol. The van der Waals surface area contributed by atoms with Crippen molar-refractivity contribution in [3.8, 4) is 5.69 Å². The van der Waals surface area contributed by atoms with Crippen molar-refractivity contribution >= 4 is 12.0 Å². The summed E-state index contributed by atoms with van der Waals surface area (Å²) in [5, 5.41) is 11.7. The number of rotatable bonds is 5. The molecule has 0 spiro atoms. The molecule has 0 unspecified atom stereocenters. The second-order valence-electron chi connectivity index (χ2n) is 6.64. The molecule has 2 aromatic rings. The van der Waals surface area contributed by atoms with Crippen LogP contribution in [0.3, 0.4) is 0 Å². The number of amides is 1. The molecule has 2 heterocycles. The zero-order chi connectivity index (χ0) is 17.6. The Morgan fingerprint density at radius 3 is 2.64 bits per heavy atom. The van der Waals surface area contributed by atoms with Gasteiger partial charge in [0.25, 0.3) is 0 Å². The van der Waals surface area contributed by atoms with Crippen molar-refractivity contribution in [2.75, 3.05) is 13.1 Å². The predicted molar refractivity (Wildman–Crippen MR) is 98.3 cm³/mol. The Hall–Kier alpha value is -2.47. The maximum Gasteiger partial charge on any atom is 0.244 e. The third kappa shape index (κ3) is 4.76. The molecular formula is C19H25N5O. The fourth-order valence-corrected chi connectivity index (χ4v) is 3.01. The van der Waals surface area contributed by atoms with Crippen LogP contribution in [-0.4, -0.2) is 51.0 Å². The van der Waals surface area contributed by atoms with Crippen LogP contribution in [0.2, 0.25) is 0 Å². The molecule has 1 aromatic carbocycles. The van der Waals surface area contributed by atoms with Gasteiger partial charge in [-0.25, -0.2) is 0 Å². The lowest BCUT2D eigenvalue weighted by atomic mass is 10.0. The largest absolute Gasteiger partial charge is 0.350 e. The van der Waals surface area contributed by atoms with Crippen molar-refractivity contribution in [1.82, 2.24) is 25.2 Å². The first-order valence-electron chi connectivity index (χ1n) is 8.82. The highest BCUT2D eigenvalue weighted by Crippen LogP contribution is 2.13. The Balaban J connectivity index is 1.51. The van der Waals surface area contributed by atoms with Crippen molar-refractivity contribution in [2.45, 2.75) is 38.8 Å². The minimum atomic E-state index is -0.0720. The van der Waals surface area contributed by atoms with Gasteiger partial charge in [0.05, 0.1) is 11.9 Å². The highest BCUT2D eigenvalue weighted by atomic mass is 16.1. The minimum Gasteiger partial charge on any atom is -0.350 e. The highest BCUT2D eigenvalue weighted by Gasteiger charge is 2.21.